The van der Waals surface area contributed by atoms with Crippen LogP contribution in [0.3, 0.4) is 0 Å². The molecule has 0 unspecified atom stereocenters. The van der Waals surface area contributed by atoms with E-state index in [-0.39, 0.29) is 0 Å². The normalized spacial score (nSPS) is 13.1. The molecule has 31 heavy (non-hydrogen) atoms. The standard InChI is InChI=1S/3C7H7.C5H9NOS2.Sn/c3*1-7-5-3-2-4-6-7;8-5(9)6-1-3-7-4-2-6;/h3*2-6H,1H2;1-4H2,(H,8,9);/q;;;;+1/p-1. The maximum absolute atomic E-state index is 5.10. The van der Waals surface area contributed by atoms with Gasteiger partial charge < -0.3 is 34.5 Å². The first-order valence-electron chi connectivity index (χ1n) is 10.7. The average Bonchev–Trinajstić information content (AvgIpc) is 2.82. The van der Waals surface area contributed by atoms with Gasteiger partial charge in [-0.25, -0.2) is 0 Å². The molecule has 5 heteroatoms. The molecule has 0 saturated carbocycles. The molecule has 2 nitrogen and oxygen atoms in total. The summed E-state index contributed by atoms with van der Waals surface area (Å²) in [5, 5.41) is 0. The molecule has 0 aliphatic carbocycles. The molecule has 0 atom stereocenters. The zero-order chi connectivity index (χ0) is 21.7. The predicted octanol–water partition coefficient (Wildman–Crippen LogP) is 4.98. The molecule has 1 aliphatic heterocycles. The SMILES string of the molecule is S=C([S-])N1CCOCC1.c1ccc([CH2][Sn+]([CH2]c2ccccc2)[CH2]c2ccccc2)cc1. The molecule has 1 heterocycles. The first-order valence-corrected chi connectivity index (χ1v) is 17.6. The van der Waals surface area contributed by atoms with Gasteiger partial charge in [-0.2, -0.15) is 0 Å². The van der Waals surface area contributed by atoms with Gasteiger partial charge in [0.05, 0.1) is 13.2 Å². The quantitative estimate of drug-likeness (QED) is 0.242. The van der Waals surface area contributed by atoms with E-state index in [9.17, 15) is 0 Å². The van der Waals surface area contributed by atoms with E-state index in [1.165, 1.54) is 30.0 Å². The third-order valence-electron chi connectivity index (χ3n) is 5.16. The zero-order valence-corrected chi connectivity index (χ0v) is 22.3. The minimum atomic E-state index is -1.56. The number of hydrogen-bond acceptors (Lipinski definition) is 3. The summed E-state index contributed by atoms with van der Waals surface area (Å²) in [5.74, 6) is 0. The summed E-state index contributed by atoms with van der Waals surface area (Å²) in [5.41, 5.74) is 4.55. The summed E-state index contributed by atoms with van der Waals surface area (Å²) in [6, 6.07) is 33.1. The van der Waals surface area contributed by atoms with Crippen LogP contribution in [0, 0.1) is 0 Å². The van der Waals surface area contributed by atoms with E-state index in [4.69, 9.17) is 29.6 Å². The summed E-state index contributed by atoms with van der Waals surface area (Å²) in [6.07, 6.45) is 0. The Bertz CT molecular complexity index is 788. The Labute approximate surface area is 204 Å². The van der Waals surface area contributed by atoms with Crippen LogP contribution in [0.4, 0.5) is 0 Å². The first kappa shape index (κ1) is 24.2. The van der Waals surface area contributed by atoms with Gasteiger partial charge in [0.2, 0.25) is 0 Å². The van der Waals surface area contributed by atoms with Crippen LogP contribution >= 0.6 is 12.2 Å². The summed E-state index contributed by atoms with van der Waals surface area (Å²) < 4.78 is 9.65. The van der Waals surface area contributed by atoms with Crippen molar-refractivity contribution < 1.29 is 4.74 Å². The van der Waals surface area contributed by atoms with Crippen LogP contribution in [0.15, 0.2) is 91.0 Å². The fraction of sp³-hybridized carbons (Fsp3) is 0.269. The number of hydrogen-bond donors (Lipinski definition) is 0. The van der Waals surface area contributed by atoms with Crippen molar-refractivity contribution in [1.82, 2.24) is 4.90 Å². The average molecular weight is 554 g/mol. The molecule has 0 radical (unpaired) electrons. The van der Waals surface area contributed by atoms with Crippen molar-refractivity contribution in [2.24, 2.45) is 0 Å². The Morgan fingerprint density at radius 3 is 1.35 bits per heavy atom. The number of rotatable bonds is 6. The second-order valence-corrected chi connectivity index (χ2v) is 15.9. The van der Waals surface area contributed by atoms with E-state index in [1.807, 2.05) is 4.90 Å². The summed E-state index contributed by atoms with van der Waals surface area (Å²) in [4.78, 5) is 1.98. The van der Waals surface area contributed by atoms with Crippen molar-refractivity contribution in [2.75, 3.05) is 26.3 Å². The van der Waals surface area contributed by atoms with Crippen molar-refractivity contribution >= 4 is 48.9 Å². The van der Waals surface area contributed by atoms with Gasteiger partial charge in [0.25, 0.3) is 0 Å². The predicted molar refractivity (Wildman–Crippen MR) is 139 cm³/mol. The second-order valence-electron chi connectivity index (χ2n) is 7.60. The number of nitrogens with zero attached hydrogens (tertiary/aromatic N) is 1. The molecule has 160 valence electrons. The van der Waals surface area contributed by atoms with Gasteiger partial charge in [0.15, 0.2) is 0 Å². The summed E-state index contributed by atoms with van der Waals surface area (Å²) in [6.45, 7) is 3.25. The van der Waals surface area contributed by atoms with E-state index in [1.54, 1.807) is 0 Å². The first-order chi connectivity index (χ1) is 15.2. The van der Waals surface area contributed by atoms with Crippen LogP contribution in [-0.2, 0) is 30.7 Å². The monoisotopic (exact) mass is 555 g/mol. The maximum atomic E-state index is 5.10. The third-order valence-corrected chi connectivity index (χ3v) is 13.5. The van der Waals surface area contributed by atoms with Gasteiger partial charge >= 0.3 is 141 Å². The Hall–Kier alpha value is -1.47. The molecule has 1 aliphatic rings. The molecule has 3 aromatic carbocycles. The molecule has 0 spiro atoms. The Morgan fingerprint density at radius 1 is 0.710 bits per heavy atom. The fourth-order valence-corrected chi connectivity index (χ4v) is 12.0. The van der Waals surface area contributed by atoms with Gasteiger partial charge in [0.1, 0.15) is 0 Å². The van der Waals surface area contributed by atoms with Crippen LogP contribution in [0.25, 0.3) is 0 Å². The molecule has 0 bridgehead atoms. The Morgan fingerprint density at radius 2 is 1.06 bits per heavy atom. The van der Waals surface area contributed by atoms with Crippen LogP contribution in [-0.4, -0.2) is 55.3 Å². The Balaban J connectivity index is 0.000000254. The van der Waals surface area contributed by atoms with Gasteiger partial charge in [-0.05, 0) is 0 Å². The molecule has 0 amide bonds. The summed E-state index contributed by atoms with van der Waals surface area (Å²) in [7, 11) is 0. The van der Waals surface area contributed by atoms with Gasteiger partial charge in [0, 0.05) is 13.1 Å². The topological polar surface area (TPSA) is 12.5 Å². The van der Waals surface area contributed by atoms with Crippen molar-refractivity contribution in [3.8, 4) is 0 Å². The van der Waals surface area contributed by atoms with Crippen molar-refractivity contribution in [1.29, 1.82) is 0 Å². The van der Waals surface area contributed by atoms with Crippen molar-refractivity contribution in [3.63, 3.8) is 0 Å². The van der Waals surface area contributed by atoms with Crippen molar-refractivity contribution in [3.05, 3.63) is 108 Å². The zero-order valence-electron chi connectivity index (χ0n) is 17.8. The van der Waals surface area contributed by atoms with Crippen LogP contribution in [0.2, 0.25) is 0 Å². The van der Waals surface area contributed by atoms with E-state index < -0.39 is 19.8 Å². The molecule has 1 saturated heterocycles. The molecular weight excluding hydrogens is 525 g/mol. The molecule has 3 aromatic rings. The van der Waals surface area contributed by atoms with Gasteiger partial charge in [-0.1, -0.05) is 4.32 Å². The number of benzene rings is 3. The molecule has 1 fully saturated rings. The third kappa shape index (κ3) is 9.27. The van der Waals surface area contributed by atoms with Gasteiger partial charge in [-0.15, -0.1) is 0 Å². The molecular formula is C26H29NOS2Sn. The van der Waals surface area contributed by atoms with E-state index in [0.717, 1.165) is 26.3 Å². The van der Waals surface area contributed by atoms with Crippen molar-refractivity contribution in [2.45, 2.75) is 13.3 Å². The Kier molecular flexibility index (Phi) is 10.8. The number of thiocarbonyl (C=S) groups is 1. The van der Waals surface area contributed by atoms with Crippen LogP contribution in [0.5, 0.6) is 0 Å². The summed E-state index contributed by atoms with van der Waals surface area (Å²) >= 11 is 8.04. The van der Waals surface area contributed by atoms with Crippen LogP contribution < -0.4 is 0 Å². The minimum absolute atomic E-state index is 0.568. The fourth-order valence-electron chi connectivity index (χ4n) is 3.59. The molecule has 0 N–H and O–H groups in total. The van der Waals surface area contributed by atoms with E-state index >= 15 is 0 Å². The van der Waals surface area contributed by atoms with E-state index in [0.29, 0.717) is 4.32 Å². The van der Waals surface area contributed by atoms with Gasteiger partial charge in [-0.3, -0.25) is 0 Å². The second kappa shape index (κ2) is 13.8. The molecule has 0 aromatic heterocycles. The van der Waals surface area contributed by atoms with Crippen LogP contribution in [0.1, 0.15) is 16.7 Å². The number of morpholine rings is 1. The molecule has 4 rings (SSSR count). The van der Waals surface area contributed by atoms with E-state index in [2.05, 4.69) is 91.0 Å². The number of ether oxygens (including phenoxy) is 1.